The van der Waals surface area contributed by atoms with Crippen LogP contribution in [0.1, 0.15) is 42.1 Å². The average Bonchev–Trinajstić information content (AvgIpc) is 3.07. The van der Waals surface area contributed by atoms with E-state index in [0.717, 1.165) is 60.7 Å². The quantitative estimate of drug-likeness (QED) is 0.627. The number of ether oxygens (including phenoxy) is 1. The number of hydrogen-bond acceptors (Lipinski definition) is 5. The number of carbonyl (C=O) groups excluding carboxylic acids is 1. The fourth-order valence-electron chi connectivity index (χ4n) is 5.13. The number of amides is 1. The van der Waals surface area contributed by atoms with Crippen molar-refractivity contribution >= 4 is 23.2 Å². The van der Waals surface area contributed by atoms with Crippen LogP contribution >= 0.6 is 11.6 Å². The fraction of sp³-hybridized carbons (Fsp3) is 0.500. The second-order valence-corrected chi connectivity index (χ2v) is 10.2. The number of halogens is 1. The van der Waals surface area contributed by atoms with Gasteiger partial charge in [-0.05, 0) is 55.5 Å². The molecule has 178 valence electrons. The molecule has 0 radical (unpaired) electrons. The number of rotatable bonds is 6. The van der Waals surface area contributed by atoms with Gasteiger partial charge in [0.25, 0.3) is 0 Å². The molecular weight excluding hydrogens is 438 g/mol. The van der Waals surface area contributed by atoms with E-state index in [1.807, 2.05) is 38.1 Å². The lowest BCUT2D eigenvalue weighted by atomic mass is 9.96. The van der Waals surface area contributed by atoms with Gasteiger partial charge in [-0.15, -0.1) is 11.6 Å². The number of fused-ring (bicyclic) bond motifs is 1. The van der Waals surface area contributed by atoms with E-state index in [4.69, 9.17) is 16.3 Å². The van der Waals surface area contributed by atoms with Gasteiger partial charge in [0, 0.05) is 43.5 Å². The van der Waals surface area contributed by atoms with Gasteiger partial charge in [0.1, 0.15) is 11.5 Å². The van der Waals surface area contributed by atoms with Crippen molar-refractivity contribution in [2.24, 2.45) is 0 Å². The molecule has 2 unspecified atom stereocenters. The highest BCUT2D eigenvalue weighted by molar-refractivity contribution is 6.25. The Labute approximate surface area is 201 Å². The zero-order chi connectivity index (χ0) is 23.8. The summed E-state index contributed by atoms with van der Waals surface area (Å²) < 4.78 is 5.34. The minimum Gasteiger partial charge on any atom is -0.507 e. The summed E-state index contributed by atoms with van der Waals surface area (Å²) in [5.74, 6) is 1.04. The van der Waals surface area contributed by atoms with E-state index in [2.05, 4.69) is 28.1 Å². The number of phenolic OH excluding ortho intramolecular Hbond substituents is 1. The van der Waals surface area contributed by atoms with E-state index < -0.39 is 10.9 Å². The molecule has 0 aromatic heterocycles. The zero-order valence-electron chi connectivity index (χ0n) is 19.9. The van der Waals surface area contributed by atoms with Gasteiger partial charge < -0.3 is 20.1 Å². The van der Waals surface area contributed by atoms with Crippen molar-refractivity contribution in [3.63, 3.8) is 0 Å². The molecule has 0 saturated carbocycles. The molecular formula is C26H34ClN3O3. The summed E-state index contributed by atoms with van der Waals surface area (Å²) >= 11 is 6.89. The number of methoxy groups -OCH3 is 1. The maximum absolute atomic E-state index is 13.0. The number of alkyl halides is 1. The van der Waals surface area contributed by atoms with E-state index in [-0.39, 0.29) is 11.7 Å². The third kappa shape index (κ3) is 4.78. The van der Waals surface area contributed by atoms with E-state index in [0.29, 0.717) is 13.0 Å². The monoisotopic (exact) mass is 471 g/mol. The fourth-order valence-corrected chi connectivity index (χ4v) is 5.43. The second kappa shape index (κ2) is 9.43. The summed E-state index contributed by atoms with van der Waals surface area (Å²) in [5.41, 5.74) is 5.03. The predicted molar refractivity (Wildman–Crippen MR) is 133 cm³/mol. The van der Waals surface area contributed by atoms with Gasteiger partial charge in [-0.1, -0.05) is 19.1 Å². The van der Waals surface area contributed by atoms with Crippen molar-refractivity contribution in [2.45, 2.75) is 44.5 Å². The highest BCUT2D eigenvalue weighted by Gasteiger charge is 2.45. The van der Waals surface area contributed by atoms with Crippen molar-refractivity contribution in [3.8, 4) is 11.5 Å². The highest BCUT2D eigenvalue weighted by atomic mass is 35.5. The lowest BCUT2D eigenvalue weighted by molar-refractivity contribution is -0.123. The molecule has 33 heavy (non-hydrogen) atoms. The summed E-state index contributed by atoms with van der Waals surface area (Å²) in [7, 11) is 1.67. The lowest BCUT2D eigenvalue weighted by Gasteiger charge is -2.36. The van der Waals surface area contributed by atoms with Gasteiger partial charge in [-0.3, -0.25) is 9.69 Å². The Morgan fingerprint density at radius 2 is 2.00 bits per heavy atom. The van der Waals surface area contributed by atoms with Gasteiger partial charge >= 0.3 is 0 Å². The van der Waals surface area contributed by atoms with Gasteiger partial charge in [0.05, 0.1) is 24.6 Å². The third-order valence-corrected chi connectivity index (χ3v) is 7.34. The smallest absolute Gasteiger partial charge is 0.234 e. The number of hydrogen-bond donors (Lipinski definition) is 2. The normalized spacial score (nSPS) is 22.8. The van der Waals surface area contributed by atoms with Crippen LogP contribution in [-0.4, -0.2) is 60.6 Å². The standard InChI is InChI=1S/C26H34ClN3O3/c1-5-18-13-17(2)24(32)23-21(18)15-26(3,27)25(23)28-22(31)16-29-9-11-30(12-10-29)19-7-6-8-20(14-19)33-4/h6-8,13-14,25,32H,5,9-12,15-16H2,1-4H3,(H,28,31). The Hall–Kier alpha value is -2.44. The van der Waals surface area contributed by atoms with Crippen LogP contribution in [0.3, 0.4) is 0 Å². The van der Waals surface area contributed by atoms with E-state index >= 15 is 0 Å². The molecule has 0 spiro atoms. The van der Waals surface area contributed by atoms with Gasteiger partial charge in [-0.2, -0.15) is 0 Å². The molecule has 2 N–H and O–H groups in total. The summed E-state index contributed by atoms with van der Waals surface area (Å²) in [6, 6.07) is 9.69. The minimum absolute atomic E-state index is 0.0616. The second-order valence-electron chi connectivity index (χ2n) is 9.37. The molecule has 1 fully saturated rings. The maximum atomic E-state index is 13.0. The minimum atomic E-state index is -0.668. The molecule has 2 aromatic carbocycles. The molecule has 6 nitrogen and oxygen atoms in total. The lowest BCUT2D eigenvalue weighted by Crippen LogP contribution is -2.50. The SMILES string of the molecule is CCc1cc(C)c(O)c2c1CC(C)(Cl)C2NC(=O)CN1CCN(c2cccc(OC)c2)CC1. The van der Waals surface area contributed by atoms with Crippen LogP contribution in [0, 0.1) is 6.92 Å². The maximum Gasteiger partial charge on any atom is 0.234 e. The molecule has 2 aromatic rings. The Morgan fingerprint density at radius 3 is 2.67 bits per heavy atom. The third-order valence-electron chi connectivity index (χ3n) is 6.99. The molecule has 1 saturated heterocycles. The number of anilines is 1. The van der Waals surface area contributed by atoms with Gasteiger partial charge in [0.15, 0.2) is 0 Å². The van der Waals surface area contributed by atoms with Crippen molar-refractivity contribution < 1.29 is 14.6 Å². The first-order valence-corrected chi connectivity index (χ1v) is 12.0. The number of piperazine rings is 1. The summed E-state index contributed by atoms with van der Waals surface area (Å²) in [5, 5.41) is 14.0. The van der Waals surface area contributed by atoms with Crippen LogP contribution in [0.2, 0.25) is 0 Å². The van der Waals surface area contributed by atoms with Gasteiger partial charge in [0.2, 0.25) is 5.91 Å². The van der Waals surface area contributed by atoms with Crippen LogP contribution in [-0.2, 0) is 17.6 Å². The largest absolute Gasteiger partial charge is 0.507 e. The Bertz CT molecular complexity index is 1030. The number of phenols is 1. The van der Waals surface area contributed by atoms with Crippen molar-refractivity contribution in [3.05, 3.63) is 52.6 Å². The molecule has 1 heterocycles. The number of nitrogens with zero attached hydrogens (tertiary/aromatic N) is 2. The van der Waals surface area contributed by atoms with E-state index in [1.165, 1.54) is 5.56 Å². The zero-order valence-corrected chi connectivity index (χ0v) is 20.7. The number of aryl methyl sites for hydroxylation is 2. The van der Waals surface area contributed by atoms with Crippen LogP contribution in [0.4, 0.5) is 5.69 Å². The summed E-state index contributed by atoms with van der Waals surface area (Å²) in [6.07, 6.45) is 1.50. The molecule has 1 amide bonds. The first-order valence-electron chi connectivity index (χ1n) is 11.7. The van der Waals surface area contributed by atoms with E-state index in [1.54, 1.807) is 7.11 Å². The number of nitrogens with one attached hydrogen (secondary N) is 1. The van der Waals surface area contributed by atoms with Crippen LogP contribution < -0.4 is 15.0 Å². The summed E-state index contributed by atoms with van der Waals surface area (Å²) in [6.45, 7) is 9.56. The Kier molecular flexibility index (Phi) is 6.78. The van der Waals surface area contributed by atoms with Crippen molar-refractivity contribution in [1.29, 1.82) is 0 Å². The molecule has 4 rings (SSSR count). The number of benzene rings is 2. The Balaban J connectivity index is 1.40. The molecule has 0 bridgehead atoms. The number of carbonyl (C=O) groups is 1. The highest BCUT2D eigenvalue weighted by Crippen LogP contribution is 2.49. The van der Waals surface area contributed by atoms with Crippen LogP contribution in [0.15, 0.2) is 30.3 Å². The number of aromatic hydroxyl groups is 1. The first kappa shape index (κ1) is 23.7. The molecule has 2 aliphatic rings. The van der Waals surface area contributed by atoms with Crippen LogP contribution in [0.5, 0.6) is 11.5 Å². The van der Waals surface area contributed by atoms with Crippen LogP contribution in [0.25, 0.3) is 0 Å². The van der Waals surface area contributed by atoms with Crippen molar-refractivity contribution in [2.75, 3.05) is 44.7 Å². The first-order chi connectivity index (χ1) is 15.7. The molecule has 1 aliphatic heterocycles. The predicted octanol–water partition coefficient (Wildman–Crippen LogP) is 3.80. The average molecular weight is 472 g/mol. The molecule has 7 heteroatoms. The van der Waals surface area contributed by atoms with Crippen molar-refractivity contribution in [1.82, 2.24) is 10.2 Å². The Morgan fingerprint density at radius 1 is 1.27 bits per heavy atom. The molecule has 2 atom stereocenters. The summed E-state index contributed by atoms with van der Waals surface area (Å²) in [4.78, 5) is 16.8. The van der Waals surface area contributed by atoms with Gasteiger partial charge in [-0.25, -0.2) is 0 Å². The topological polar surface area (TPSA) is 65.0 Å². The van der Waals surface area contributed by atoms with E-state index in [9.17, 15) is 9.90 Å². The molecule has 1 aliphatic carbocycles.